The zero-order chi connectivity index (χ0) is 23.9. The van der Waals surface area contributed by atoms with Crippen molar-refractivity contribution in [3.63, 3.8) is 0 Å². The van der Waals surface area contributed by atoms with Gasteiger partial charge in [0.15, 0.2) is 0 Å². The number of carbonyl (C=O) groups is 1. The van der Waals surface area contributed by atoms with Crippen LogP contribution in [0.15, 0.2) is 109 Å². The summed E-state index contributed by atoms with van der Waals surface area (Å²) in [5, 5.41) is 13.0. The molecule has 0 heterocycles. The van der Waals surface area contributed by atoms with E-state index in [0.717, 1.165) is 22.6 Å². The van der Waals surface area contributed by atoms with E-state index in [-0.39, 0.29) is 5.57 Å². The largest absolute Gasteiger partial charge is 0.320 e. The Morgan fingerprint density at radius 3 is 1.88 bits per heavy atom. The fourth-order valence-electron chi connectivity index (χ4n) is 3.42. The quantitative estimate of drug-likeness (QED) is 0.223. The molecule has 0 bridgehead atoms. The molecule has 0 fully saturated rings. The van der Waals surface area contributed by atoms with E-state index in [0.29, 0.717) is 15.7 Å². The first-order valence-corrected chi connectivity index (χ1v) is 11.2. The van der Waals surface area contributed by atoms with Gasteiger partial charge in [-0.05, 0) is 66.2 Å². The van der Waals surface area contributed by atoms with Crippen LogP contribution in [0.1, 0.15) is 5.56 Å². The monoisotopic (exact) mass is 483 g/mol. The number of nitrogens with one attached hydrogen (secondary N) is 1. The SMILES string of the molecule is N#CC(=Cc1ccc(N(c2ccccc2)c2ccccc2)cc1)C(=O)Nc1ccc(Cl)cc1Cl. The lowest BCUT2D eigenvalue weighted by molar-refractivity contribution is -0.112. The third-order valence-corrected chi connectivity index (χ3v) is 5.58. The molecule has 4 nitrogen and oxygen atoms in total. The van der Waals surface area contributed by atoms with Gasteiger partial charge in [0.05, 0.1) is 10.7 Å². The van der Waals surface area contributed by atoms with Crippen molar-refractivity contribution in [2.45, 2.75) is 0 Å². The number of para-hydroxylation sites is 2. The molecule has 0 aliphatic rings. The molecule has 4 aromatic carbocycles. The molecule has 0 spiro atoms. The lowest BCUT2D eigenvalue weighted by atomic mass is 10.1. The Morgan fingerprint density at radius 2 is 1.35 bits per heavy atom. The van der Waals surface area contributed by atoms with Crippen LogP contribution in [0.5, 0.6) is 0 Å². The minimum absolute atomic E-state index is 0.0401. The van der Waals surface area contributed by atoms with Crippen LogP contribution in [0.3, 0.4) is 0 Å². The molecule has 0 atom stereocenters. The summed E-state index contributed by atoms with van der Waals surface area (Å²) >= 11 is 12.0. The Morgan fingerprint density at radius 1 is 0.794 bits per heavy atom. The van der Waals surface area contributed by atoms with Gasteiger partial charge >= 0.3 is 0 Å². The highest BCUT2D eigenvalue weighted by Crippen LogP contribution is 2.34. The normalized spacial score (nSPS) is 10.9. The van der Waals surface area contributed by atoms with Gasteiger partial charge in [-0.1, -0.05) is 71.7 Å². The van der Waals surface area contributed by atoms with Crippen LogP contribution < -0.4 is 10.2 Å². The smallest absolute Gasteiger partial charge is 0.266 e. The Kier molecular flexibility index (Phi) is 7.29. The van der Waals surface area contributed by atoms with Gasteiger partial charge in [-0.15, -0.1) is 0 Å². The second-order valence-electron chi connectivity index (χ2n) is 7.35. The molecule has 0 aliphatic carbocycles. The van der Waals surface area contributed by atoms with Crippen LogP contribution in [0.4, 0.5) is 22.7 Å². The topological polar surface area (TPSA) is 56.1 Å². The van der Waals surface area contributed by atoms with Crippen molar-refractivity contribution >= 4 is 57.9 Å². The van der Waals surface area contributed by atoms with Gasteiger partial charge in [-0.3, -0.25) is 4.79 Å². The fraction of sp³-hybridized carbons (Fsp3) is 0. The number of anilines is 4. The van der Waals surface area contributed by atoms with Crippen molar-refractivity contribution in [2.24, 2.45) is 0 Å². The van der Waals surface area contributed by atoms with Crippen LogP contribution in [0, 0.1) is 11.3 Å². The second kappa shape index (κ2) is 10.7. The highest BCUT2D eigenvalue weighted by molar-refractivity contribution is 6.36. The van der Waals surface area contributed by atoms with Gasteiger partial charge in [-0.2, -0.15) is 5.26 Å². The summed E-state index contributed by atoms with van der Waals surface area (Å²) in [5.74, 6) is -0.550. The molecule has 0 saturated carbocycles. The summed E-state index contributed by atoms with van der Waals surface area (Å²) in [7, 11) is 0. The summed E-state index contributed by atoms with van der Waals surface area (Å²) < 4.78 is 0. The zero-order valence-corrected chi connectivity index (χ0v) is 19.5. The number of nitrogens with zero attached hydrogens (tertiary/aromatic N) is 2. The number of rotatable bonds is 6. The van der Waals surface area contributed by atoms with Crippen molar-refractivity contribution < 1.29 is 4.79 Å². The predicted molar refractivity (Wildman–Crippen MR) is 140 cm³/mol. The van der Waals surface area contributed by atoms with E-state index in [2.05, 4.69) is 10.2 Å². The molecule has 0 unspecified atom stereocenters. The molecule has 6 heteroatoms. The van der Waals surface area contributed by atoms with Crippen LogP contribution in [-0.4, -0.2) is 5.91 Å². The van der Waals surface area contributed by atoms with E-state index < -0.39 is 5.91 Å². The third kappa shape index (κ3) is 5.47. The molecule has 0 radical (unpaired) electrons. The van der Waals surface area contributed by atoms with Crippen LogP contribution in [0.25, 0.3) is 6.08 Å². The number of hydrogen-bond acceptors (Lipinski definition) is 3. The van der Waals surface area contributed by atoms with E-state index in [1.807, 2.05) is 91.0 Å². The minimum Gasteiger partial charge on any atom is -0.320 e. The van der Waals surface area contributed by atoms with Crippen molar-refractivity contribution in [3.05, 3.63) is 124 Å². The number of nitriles is 1. The number of carbonyl (C=O) groups excluding carboxylic acids is 1. The third-order valence-electron chi connectivity index (χ3n) is 5.04. The van der Waals surface area contributed by atoms with E-state index in [1.54, 1.807) is 12.1 Å². The predicted octanol–water partition coefficient (Wildman–Crippen LogP) is 8.01. The summed E-state index contributed by atoms with van der Waals surface area (Å²) in [4.78, 5) is 14.8. The van der Waals surface area contributed by atoms with E-state index in [9.17, 15) is 10.1 Å². The number of hydrogen-bond donors (Lipinski definition) is 1. The average Bonchev–Trinajstić information content (AvgIpc) is 2.86. The van der Waals surface area contributed by atoms with E-state index >= 15 is 0 Å². The highest BCUT2D eigenvalue weighted by atomic mass is 35.5. The summed E-state index contributed by atoms with van der Waals surface area (Å²) in [6.07, 6.45) is 1.54. The molecule has 0 aliphatic heterocycles. The first-order valence-electron chi connectivity index (χ1n) is 10.4. The number of benzene rings is 4. The van der Waals surface area contributed by atoms with Crippen LogP contribution in [-0.2, 0) is 4.79 Å². The summed E-state index contributed by atoms with van der Waals surface area (Å²) in [5.41, 5.74) is 4.06. The van der Waals surface area contributed by atoms with Gasteiger partial charge in [0.25, 0.3) is 5.91 Å². The molecule has 1 N–H and O–H groups in total. The van der Waals surface area contributed by atoms with Gasteiger partial charge in [0.1, 0.15) is 11.6 Å². The highest BCUT2D eigenvalue weighted by Gasteiger charge is 2.14. The Hall–Kier alpha value is -4.04. The number of amides is 1. The lowest BCUT2D eigenvalue weighted by Crippen LogP contribution is -2.13. The maximum atomic E-state index is 12.6. The fourth-order valence-corrected chi connectivity index (χ4v) is 3.87. The van der Waals surface area contributed by atoms with Crippen molar-refractivity contribution in [1.29, 1.82) is 5.26 Å². The molecule has 0 saturated heterocycles. The molecule has 34 heavy (non-hydrogen) atoms. The molecular formula is C28H19Cl2N3O. The maximum absolute atomic E-state index is 12.6. The standard InChI is InChI=1S/C28H19Cl2N3O/c29-22-13-16-27(26(30)18-22)32-28(34)21(19-31)17-20-11-14-25(15-12-20)33(23-7-3-1-4-8-23)24-9-5-2-6-10-24/h1-18H,(H,32,34). The average molecular weight is 484 g/mol. The molecule has 4 rings (SSSR count). The molecule has 1 amide bonds. The van der Waals surface area contributed by atoms with Gasteiger partial charge in [0, 0.05) is 22.1 Å². The van der Waals surface area contributed by atoms with Crippen molar-refractivity contribution in [3.8, 4) is 6.07 Å². The first kappa shape index (κ1) is 23.1. The second-order valence-corrected chi connectivity index (χ2v) is 8.19. The molecule has 4 aromatic rings. The minimum atomic E-state index is -0.550. The zero-order valence-electron chi connectivity index (χ0n) is 18.0. The first-order chi connectivity index (χ1) is 16.5. The lowest BCUT2D eigenvalue weighted by Gasteiger charge is -2.25. The Balaban J connectivity index is 1.60. The van der Waals surface area contributed by atoms with Gasteiger partial charge in [0.2, 0.25) is 0 Å². The van der Waals surface area contributed by atoms with Gasteiger partial charge in [-0.25, -0.2) is 0 Å². The summed E-state index contributed by atoms with van der Waals surface area (Å²) in [6.45, 7) is 0. The molecule has 166 valence electrons. The Labute approximate surface area is 208 Å². The summed E-state index contributed by atoms with van der Waals surface area (Å²) in [6, 6.07) is 34.4. The van der Waals surface area contributed by atoms with Crippen molar-refractivity contribution in [1.82, 2.24) is 0 Å². The van der Waals surface area contributed by atoms with Crippen molar-refractivity contribution in [2.75, 3.05) is 10.2 Å². The maximum Gasteiger partial charge on any atom is 0.266 e. The van der Waals surface area contributed by atoms with E-state index in [4.69, 9.17) is 23.2 Å². The van der Waals surface area contributed by atoms with Crippen LogP contribution >= 0.6 is 23.2 Å². The molecular weight excluding hydrogens is 465 g/mol. The number of halogens is 2. The Bertz CT molecular complexity index is 1320. The molecule has 0 aromatic heterocycles. The van der Waals surface area contributed by atoms with E-state index in [1.165, 1.54) is 12.1 Å². The van der Waals surface area contributed by atoms with Crippen LogP contribution in [0.2, 0.25) is 10.0 Å². The van der Waals surface area contributed by atoms with Gasteiger partial charge < -0.3 is 10.2 Å².